The number of carbonyl (C=O) groups excluding carboxylic acids is 1. The zero-order valence-electron chi connectivity index (χ0n) is 13.7. The van der Waals surface area contributed by atoms with Gasteiger partial charge in [-0.3, -0.25) is 9.89 Å². The van der Waals surface area contributed by atoms with Crippen molar-refractivity contribution in [3.63, 3.8) is 0 Å². The number of carbonyl (C=O) groups is 1. The molecule has 2 heterocycles. The lowest BCUT2D eigenvalue weighted by Gasteiger charge is -2.25. The summed E-state index contributed by atoms with van der Waals surface area (Å²) in [5.41, 5.74) is 2.57. The lowest BCUT2D eigenvalue weighted by molar-refractivity contribution is 0.0706. The number of aromatic amines is 1. The summed E-state index contributed by atoms with van der Waals surface area (Å²) in [6.45, 7) is -0.0728. The lowest BCUT2D eigenvalue weighted by atomic mass is 9.96. The van der Waals surface area contributed by atoms with Gasteiger partial charge < -0.3 is 15.1 Å². The molecule has 0 fully saturated rings. The zero-order chi connectivity index (χ0) is 18.3. The summed E-state index contributed by atoms with van der Waals surface area (Å²) < 4.78 is 13.4. The van der Waals surface area contributed by atoms with Crippen LogP contribution < -0.4 is 0 Å². The summed E-state index contributed by atoms with van der Waals surface area (Å²) in [5, 5.41) is 26.6. The topological polar surface area (TPSA) is 89.5 Å². The number of aromatic nitrogens is 2. The number of aliphatic hydroxyl groups is 1. The van der Waals surface area contributed by atoms with Crippen molar-refractivity contribution in [2.24, 2.45) is 0 Å². The van der Waals surface area contributed by atoms with Crippen LogP contribution in [-0.2, 0) is 0 Å². The van der Waals surface area contributed by atoms with Crippen LogP contribution >= 0.6 is 0 Å². The predicted molar refractivity (Wildman–Crippen MR) is 92.1 cm³/mol. The van der Waals surface area contributed by atoms with Gasteiger partial charge >= 0.3 is 0 Å². The molecule has 0 spiro atoms. The molecule has 0 saturated carbocycles. The van der Waals surface area contributed by atoms with Gasteiger partial charge in [0, 0.05) is 17.7 Å². The van der Waals surface area contributed by atoms with Crippen molar-refractivity contribution in [1.29, 1.82) is 0 Å². The molecule has 7 heteroatoms. The Labute approximate surface area is 148 Å². The van der Waals surface area contributed by atoms with Crippen LogP contribution in [0.5, 0.6) is 5.75 Å². The number of fused-ring (bicyclic) bond motifs is 1. The number of hydrogen-bond donors (Lipinski definition) is 3. The van der Waals surface area contributed by atoms with Crippen molar-refractivity contribution in [2.45, 2.75) is 6.04 Å². The van der Waals surface area contributed by atoms with Crippen LogP contribution in [0.4, 0.5) is 4.39 Å². The number of H-pyrrole nitrogens is 1. The number of nitrogens with zero attached hydrogens (tertiary/aromatic N) is 2. The number of rotatable bonds is 4. The van der Waals surface area contributed by atoms with E-state index < -0.39 is 6.04 Å². The lowest BCUT2D eigenvalue weighted by Crippen LogP contribution is -2.32. The van der Waals surface area contributed by atoms with Gasteiger partial charge in [-0.2, -0.15) is 5.10 Å². The molecule has 1 aromatic heterocycles. The van der Waals surface area contributed by atoms with Crippen LogP contribution in [0.25, 0.3) is 11.3 Å². The second kappa shape index (κ2) is 6.27. The highest BCUT2D eigenvalue weighted by Crippen LogP contribution is 2.44. The molecule has 0 radical (unpaired) electrons. The van der Waals surface area contributed by atoms with Gasteiger partial charge in [0.15, 0.2) is 0 Å². The van der Waals surface area contributed by atoms with Crippen LogP contribution in [0, 0.1) is 5.82 Å². The number of aromatic hydroxyl groups is 1. The molecule has 0 unspecified atom stereocenters. The first-order valence-corrected chi connectivity index (χ1v) is 8.15. The van der Waals surface area contributed by atoms with E-state index in [0.717, 1.165) is 0 Å². The van der Waals surface area contributed by atoms with Gasteiger partial charge in [-0.15, -0.1) is 0 Å². The highest BCUT2D eigenvalue weighted by Gasteiger charge is 2.42. The average Bonchev–Trinajstić information content (AvgIpc) is 3.17. The molecule has 1 aliphatic rings. The number of para-hydroxylation sites is 1. The first-order valence-electron chi connectivity index (χ1n) is 8.15. The minimum absolute atomic E-state index is 0.0488. The first kappa shape index (κ1) is 16.3. The number of hydrogen-bond acceptors (Lipinski definition) is 4. The number of halogens is 1. The summed E-state index contributed by atoms with van der Waals surface area (Å²) >= 11 is 0. The van der Waals surface area contributed by atoms with Gasteiger partial charge in [-0.1, -0.05) is 24.3 Å². The van der Waals surface area contributed by atoms with E-state index in [9.17, 15) is 19.4 Å². The Morgan fingerprint density at radius 3 is 2.58 bits per heavy atom. The Morgan fingerprint density at radius 1 is 1.15 bits per heavy atom. The van der Waals surface area contributed by atoms with E-state index in [0.29, 0.717) is 28.1 Å². The van der Waals surface area contributed by atoms with Crippen LogP contribution in [0.1, 0.15) is 27.7 Å². The molecule has 132 valence electrons. The highest BCUT2D eigenvalue weighted by atomic mass is 19.1. The highest BCUT2D eigenvalue weighted by molar-refractivity contribution is 6.00. The van der Waals surface area contributed by atoms with E-state index in [1.807, 2.05) is 0 Å². The van der Waals surface area contributed by atoms with Crippen LogP contribution in [0.2, 0.25) is 0 Å². The third kappa shape index (κ3) is 2.44. The number of benzene rings is 2. The fraction of sp³-hybridized carbons (Fsp3) is 0.158. The Bertz CT molecular complexity index is 968. The molecule has 2 aromatic carbocycles. The third-order valence-electron chi connectivity index (χ3n) is 4.55. The van der Waals surface area contributed by atoms with Crippen LogP contribution in [0.3, 0.4) is 0 Å². The molecule has 26 heavy (non-hydrogen) atoms. The molecule has 3 aromatic rings. The molecule has 3 N–H and O–H groups in total. The maximum absolute atomic E-state index is 13.4. The fourth-order valence-electron chi connectivity index (χ4n) is 3.41. The second-order valence-electron chi connectivity index (χ2n) is 6.05. The number of β-amino-alcohol motifs (C(OH)–C–C–N with tert-alkyl or cyclic N) is 1. The van der Waals surface area contributed by atoms with Crippen molar-refractivity contribution < 1.29 is 19.4 Å². The quantitative estimate of drug-likeness (QED) is 0.672. The molecular weight excluding hydrogens is 337 g/mol. The average molecular weight is 353 g/mol. The number of nitrogens with one attached hydrogen (secondary N) is 1. The Balaban J connectivity index is 1.91. The minimum Gasteiger partial charge on any atom is -0.507 e. The van der Waals surface area contributed by atoms with E-state index >= 15 is 0 Å². The molecule has 0 aliphatic carbocycles. The first-order chi connectivity index (χ1) is 12.6. The largest absolute Gasteiger partial charge is 0.507 e. The summed E-state index contributed by atoms with van der Waals surface area (Å²) in [6, 6.07) is 12.1. The minimum atomic E-state index is -0.529. The maximum Gasteiger partial charge on any atom is 0.273 e. The van der Waals surface area contributed by atoms with E-state index in [-0.39, 0.29) is 30.6 Å². The van der Waals surface area contributed by atoms with Gasteiger partial charge in [-0.05, 0) is 29.8 Å². The van der Waals surface area contributed by atoms with Gasteiger partial charge in [0.1, 0.15) is 23.0 Å². The van der Waals surface area contributed by atoms with Gasteiger partial charge in [-0.25, -0.2) is 4.39 Å². The second-order valence-corrected chi connectivity index (χ2v) is 6.05. The Morgan fingerprint density at radius 2 is 1.88 bits per heavy atom. The van der Waals surface area contributed by atoms with Gasteiger partial charge in [0.25, 0.3) is 5.91 Å². The fourth-order valence-corrected chi connectivity index (χ4v) is 3.41. The van der Waals surface area contributed by atoms with Gasteiger partial charge in [0.2, 0.25) is 0 Å². The molecule has 1 atom stereocenters. The number of phenols is 1. The third-order valence-corrected chi connectivity index (χ3v) is 4.55. The van der Waals surface area contributed by atoms with Crippen LogP contribution in [-0.4, -0.2) is 44.4 Å². The summed E-state index contributed by atoms with van der Waals surface area (Å²) in [4.78, 5) is 14.3. The molecule has 0 bridgehead atoms. The number of phenolic OH excluding ortho intramolecular Hbond substituents is 1. The molecule has 4 rings (SSSR count). The number of amides is 1. The van der Waals surface area contributed by atoms with Crippen molar-refractivity contribution in [3.05, 3.63) is 71.2 Å². The Kier molecular flexibility index (Phi) is 3.93. The molecular formula is C19H16FN3O3. The van der Waals surface area contributed by atoms with E-state index in [1.165, 1.54) is 17.0 Å². The zero-order valence-corrected chi connectivity index (χ0v) is 13.7. The van der Waals surface area contributed by atoms with Gasteiger partial charge in [0.05, 0.1) is 12.6 Å². The van der Waals surface area contributed by atoms with Crippen molar-refractivity contribution in [1.82, 2.24) is 15.1 Å². The maximum atomic E-state index is 13.4. The van der Waals surface area contributed by atoms with Crippen molar-refractivity contribution >= 4 is 5.91 Å². The predicted octanol–water partition coefficient (Wildman–Crippen LogP) is 2.46. The Hall–Kier alpha value is -3.19. The van der Waals surface area contributed by atoms with E-state index in [4.69, 9.17) is 0 Å². The molecule has 1 aliphatic heterocycles. The monoisotopic (exact) mass is 353 g/mol. The summed E-state index contributed by atoms with van der Waals surface area (Å²) in [7, 11) is 0. The SMILES string of the molecule is O=C1c2[nH]nc(-c3ccccc3O)c2[C@@H](c2ccc(F)cc2)N1CCO. The summed E-state index contributed by atoms with van der Waals surface area (Å²) in [5.74, 6) is -0.620. The standard InChI is InChI=1S/C19H16FN3O3/c20-12-7-5-11(6-8-12)18-15-16(13-3-1-2-4-14(13)25)21-22-17(15)19(26)23(18)9-10-24/h1-8,18,24-25H,9-10H2,(H,21,22)/t18-/m1/s1. The van der Waals surface area contributed by atoms with Crippen LogP contribution in [0.15, 0.2) is 48.5 Å². The summed E-state index contributed by atoms with van der Waals surface area (Å²) in [6.07, 6.45) is 0. The van der Waals surface area contributed by atoms with E-state index in [2.05, 4.69) is 10.2 Å². The molecule has 0 saturated heterocycles. The molecule has 1 amide bonds. The normalized spacial score (nSPS) is 16.2. The van der Waals surface area contributed by atoms with E-state index in [1.54, 1.807) is 36.4 Å². The van der Waals surface area contributed by atoms with Crippen molar-refractivity contribution in [3.8, 4) is 17.0 Å². The smallest absolute Gasteiger partial charge is 0.273 e. The molecule has 6 nitrogen and oxygen atoms in total. The number of aliphatic hydroxyl groups excluding tert-OH is 1. The van der Waals surface area contributed by atoms with Crippen molar-refractivity contribution in [2.75, 3.05) is 13.2 Å².